The summed E-state index contributed by atoms with van der Waals surface area (Å²) in [5.41, 5.74) is 2.45. The molecule has 0 bridgehead atoms. The zero-order valence-electron chi connectivity index (χ0n) is 13.1. The summed E-state index contributed by atoms with van der Waals surface area (Å²) in [6.07, 6.45) is 6.00. The number of nitrogens with one attached hydrogen (secondary N) is 1. The second-order valence-electron chi connectivity index (χ2n) is 5.77. The lowest BCUT2D eigenvalue weighted by molar-refractivity contribution is 0.552. The summed E-state index contributed by atoms with van der Waals surface area (Å²) in [5, 5.41) is 3.47. The van der Waals surface area contributed by atoms with E-state index in [1.54, 1.807) is 0 Å². The Morgan fingerprint density at radius 2 is 2.14 bits per heavy atom. The molecule has 0 spiro atoms. The average Bonchev–Trinajstić information content (AvgIpc) is 2.87. The van der Waals surface area contributed by atoms with Crippen LogP contribution in [0, 0.1) is 5.92 Å². The van der Waals surface area contributed by atoms with Gasteiger partial charge in [-0.1, -0.05) is 26.8 Å². The van der Waals surface area contributed by atoms with E-state index in [0.29, 0.717) is 5.92 Å². The molecule has 1 heterocycles. The van der Waals surface area contributed by atoms with Crippen LogP contribution in [0.25, 0.3) is 5.69 Å². The number of rotatable bonds is 7. The molecule has 0 aliphatic rings. The molecule has 0 fully saturated rings. The smallest absolute Gasteiger partial charge is 0.113 e. The van der Waals surface area contributed by atoms with Crippen LogP contribution in [-0.4, -0.2) is 16.1 Å². The molecule has 2 rings (SSSR count). The molecule has 2 aromatic rings. The number of hydrogen-bond acceptors (Lipinski definition) is 2. The van der Waals surface area contributed by atoms with Crippen molar-refractivity contribution in [3.8, 4) is 5.69 Å². The molecule has 114 valence electrons. The molecule has 0 unspecified atom stereocenters. The first-order chi connectivity index (χ1) is 10.1. The van der Waals surface area contributed by atoms with Crippen LogP contribution in [0.15, 0.2) is 35.1 Å². The molecule has 4 heteroatoms. The Hall–Kier alpha value is -1.13. The molecule has 1 N–H and O–H groups in total. The van der Waals surface area contributed by atoms with Crippen molar-refractivity contribution in [3.05, 3.63) is 46.5 Å². The van der Waals surface area contributed by atoms with Crippen molar-refractivity contribution in [2.75, 3.05) is 6.54 Å². The highest BCUT2D eigenvalue weighted by Crippen LogP contribution is 2.24. The van der Waals surface area contributed by atoms with Crippen LogP contribution in [0.2, 0.25) is 0 Å². The Balaban J connectivity index is 2.13. The molecule has 1 aromatic heterocycles. The first kappa shape index (κ1) is 16.2. The average molecular weight is 350 g/mol. The van der Waals surface area contributed by atoms with Gasteiger partial charge in [-0.2, -0.15) is 0 Å². The van der Waals surface area contributed by atoms with E-state index in [1.165, 1.54) is 5.56 Å². The van der Waals surface area contributed by atoms with Crippen LogP contribution in [0.5, 0.6) is 0 Å². The lowest BCUT2D eigenvalue weighted by Gasteiger charge is -2.12. The maximum atomic E-state index is 4.44. The van der Waals surface area contributed by atoms with Crippen LogP contribution in [0.4, 0.5) is 0 Å². The molecule has 0 saturated heterocycles. The molecule has 0 amide bonds. The Labute approximate surface area is 135 Å². The summed E-state index contributed by atoms with van der Waals surface area (Å²) in [6.45, 7) is 8.57. The van der Waals surface area contributed by atoms with E-state index in [1.807, 2.05) is 12.4 Å². The number of halogens is 1. The Kier molecular flexibility index (Phi) is 6.00. The lowest BCUT2D eigenvalue weighted by atomic mass is 10.2. The minimum absolute atomic E-state index is 0.676. The predicted octanol–water partition coefficient (Wildman–Crippen LogP) is 4.33. The minimum atomic E-state index is 0.676. The van der Waals surface area contributed by atoms with Gasteiger partial charge in [0.25, 0.3) is 0 Å². The summed E-state index contributed by atoms with van der Waals surface area (Å²) in [7, 11) is 0. The van der Waals surface area contributed by atoms with E-state index < -0.39 is 0 Å². The topological polar surface area (TPSA) is 29.9 Å². The van der Waals surface area contributed by atoms with E-state index in [0.717, 1.165) is 41.9 Å². The molecular weight excluding hydrogens is 326 g/mol. The number of aryl methyl sites for hydroxylation is 1. The maximum absolute atomic E-state index is 4.44. The van der Waals surface area contributed by atoms with E-state index in [2.05, 4.69) is 69.8 Å². The van der Waals surface area contributed by atoms with Crippen molar-refractivity contribution in [1.82, 2.24) is 14.9 Å². The van der Waals surface area contributed by atoms with Crippen LogP contribution in [0.1, 0.15) is 38.6 Å². The maximum Gasteiger partial charge on any atom is 0.113 e. The fourth-order valence-electron chi connectivity index (χ4n) is 2.32. The summed E-state index contributed by atoms with van der Waals surface area (Å²) in [5.74, 6) is 1.79. The van der Waals surface area contributed by atoms with Gasteiger partial charge in [0, 0.05) is 29.8 Å². The fourth-order valence-corrected chi connectivity index (χ4v) is 2.94. The number of aromatic nitrogens is 2. The third-order valence-corrected chi connectivity index (χ3v) is 3.98. The highest BCUT2D eigenvalue weighted by atomic mass is 79.9. The van der Waals surface area contributed by atoms with Crippen molar-refractivity contribution >= 4 is 15.9 Å². The van der Waals surface area contributed by atoms with Crippen molar-refractivity contribution < 1.29 is 0 Å². The molecule has 3 nitrogen and oxygen atoms in total. The van der Waals surface area contributed by atoms with Gasteiger partial charge in [0.05, 0.1) is 5.69 Å². The van der Waals surface area contributed by atoms with Gasteiger partial charge in [0.2, 0.25) is 0 Å². The van der Waals surface area contributed by atoms with Crippen molar-refractivity contribution in [3.63, 3.8) is 0 Å². The Bertz CT molecular complexity index is 575. The van der Waals surface area contributed by atoms with Crippen LogP contribution in [0.3, 0.4) is 0 Å². The summed E-state index contributed by atoms with van der Waals surface area (Å²) < 4.78 is 3.28. The molecule has 0 aliphatic heterocycles. The molecule has 0 saturated carbocycles. The third kappa shape index (κ3) is 4.42. The first-order valence-corrected chi connectivity index (χ1v) is 8.42. The molecule has 1 aromatic carbocycles. The molecular formula is C17H24BrN3. The highest BCUT2D eigenvalue weighted by molar-refractivity contribution is 9.10. The second-order valence-corrected chi connectivity index (χ2v) is 6.63. The second kappa shape index (κ2) is 7.76. The van der Waals surface area contributed by atoms with E-state index in [9.17, 15) is 0 Å². The quantitative estimate of drug-likeness (QED) is 0.805. The Morgan fingerprint density at radius 3 is 2.81 bits per heavy atom. The SMILES string of the molecule is CCCc1nccn1-c1ccc(CNCC(C)C)cc1Br. The van der Waals surface area contributed by atoms with Gasteiger partial charge >= 0.3 is 0 Å². The van der Waals surface area contributed by atoms with Crippen molar-refractivity contribution in [2.45, 2.75) is 40.2 Å². The fraction of sp³-hybridized carbons (Fsp3) is 0.471. The predicted molar refractivity (Wildman–Crippen MR) is 91.8 cm³/mol. The summed E-state index contributed by atoms with van der Waals surface area (Å²) >= 11 is 3.70. The zero-order valence-corrected chi connectivity index (χ0v) is 14.7. The van der Waals surface area contributed by atoms with Gasteiger partial charge in [-0.25, -0.2) is 4.98 Å². The molecule has 0 atom stereocenters. The zero-order chi connectivity index (χ0) is 15.2. The molecule has 21 heavy (non-hydrogen) atoms. The third-order valence-electron chi connectivity index (χ3n) is 3.34. The number of nitrogens with zero attached hydrogens (tertiary/aromatic N) is 2. The minimum Gasteiger partial charge on any atom is -0.312 e. The lowest BCUT2D eigenvalue weighted by Crippen LogP contribution is -2.19. The van der Waals surface area contributed by atoms with E-state index in [4.69, 9.17) is 0 Å². The van der Waals surface area contributed by atoms with Crippen molar-refractivity contribution in [1.29, 1.82) is 0 Å². The monoisotopic (exact) mass is 349 g/mol. The van der Waals surface area contributed by atoms with Gasteiger partial charge in [0.15, 0.2) is 0 Å². The molecule has 0 aliphatic carbocycles. The van der Waals surface area contributed by atoms with E-state index in [-0.39, 0.29) is 0 Å². The van der Waals surface area contributed by atoms with Gasteiger partial charge < -0.3 is 9.88 Å². The van der Waals surface area contributed by atoms with Gasteiger partial charge in [-0.05, 0) is 52.5 Å². The van der Waals surface area contributed by atoms with Crippen LogP contribution >= 0.6 is 15.9 Å². The van der Waals surface area contributed by atoms with Gasteiger partial charge in [-0.3, -0.25) is 0 Å². The number of imidazole rings is 1. The Morgan fingerprint density at radius 1 is 1.33 bits per heavy atom. The standard InChI is InChI=1S/C17H24BrN3/c1-4-5-17-20-8-9-21(17)16-7-6-14(10-15(16)18)12-19-11-13(2)3/h6-10,13,19H,4-5,11-12H2,1-3H3. The van der Waals surface area contributed by atoms with Crippen LogP contribution < -0.4 is 5.32 Å². The number of hydrogen-bond donors (Lipinski definition) is 1. The largest absolute Gasteiger partial charge is 0.312 e. The van der Waals surface area contributed by atoms with Gasteiger partial charge in [0.1, 0.15) is 5.82 Å². The van der Waals surface area contributed by atoms with E-state index >= 15 is 0 Å². The summed E-state index contributed by atoms with van der Waals surface area (Å²) in [6, 6.07) is 6.54. The first-order valence-electron chi connectivity index (χ1n) is 7.63. The van der Waals surface area contributed by atoms with Crippen molar-refractivity contribution in [2.24, 2.45) is 5.92 Å². The normalized spacial score (nSPS) is 11.3. The van der Waals surface area contributed by atoms with Crippen LogP contribution in [-0.2, 0) is 13.0 Å². The van der Waals surface area contributed by atoms with Gasteiger partial charge in [-0.15, -0.1) is 0 Å². The summed E-state index contributed by atoms with van der Waals surface area (Å²) in [4.78, 5) is 4.44. The highest BCUT2D eigenvalue weighted by Gasteiger charge is 2.08. The molecule has 0 radical (unpaired) electrons. The number of benzene rings is 1.